The Kier molecular flexibility index (Phi) is 5.26. The predicted octanol–water partition coefficient (Wildman–Crippen LogP) is 3.98. The molecule has 0 aliphatic carbocycles. The third-order valence-corrected chi connectivity index (χ3v) is 3.86. The van der Waals surface area contributed by atoms with E-state index in [4.69, 9.17) is 16.3 Å². The van der Waals surface area contributed by atoms with Crippen LogP contribution < -0.4 is 10.1 Å². The van der Waals surface area contributed by atoms with Gasteiger partial charge in [-0.05, 0) is 45.5 Å². The maximum Gasteiger partial charge on any atom is 0.138 e. The lowest BCUT2D eigenvalue weighted by Gasteiger charge is -2.15. The van der Waals surface area contributed by atoms with Gasteiger partial charge in [0, 0.05) is 12.1 Å². The fourth-order valence-electron chi connectivity index (χ4n) is 2.13. The lowest BCUT2D eigenvalue weighted by molar-refractivity contribution is 0.292. The lowest BCUT2D eigenvalue weighted by Crippen LogP contribution is -2.12. The Bertz CT molecular complexity index is 595. The number of halogens is 1. The highest BCUT2D eigenvalue weighted by molar-refractivity contribution is 6.32. The number of hydrogen-bond acceptors (Lipinski definition) is 3. The topological polar surface area (TPSA) is 39.1 Å². The van der Waals surface area contributed by atoms with E-state index in [-0.39, 0.29) is 6.04 Å². The summed E-state index contributed by atoms with van der Waals surface area (Å²) in [4.78, 5) is 4.17. The van der Waals surface area contributed by atoms with Crippen LogP contribution >= 0.6 is 11.6 Å². The standard InChI is InChI=1S/C16H22ClN3O/c1-11(2)20-10-19-8-14(20)9-21-16-6-5-13(7-15(16)17)12(3)18-4/h5-8,10-12,18H,9H2,1-4H3. The van der Waals surface area contributed by atoms with Crippen LogP contribution in [0.3, 0.4) is 0 Å². The molecule has 114 valence electrons. The number of aromatic nitrogens is 2. The quantitative estimate of drug-likeness (QED) is 0.877. The molecule has 1 aromatic heterocycles. The zero-order chi connectivity index (χ0) is 15.4. The van der Waals surface area contributed by atoms with E-state index in [1.807, 2.05) is 37.8 Å². The molecule has 21 heavy (non-hydrogen) atoms. The van der Waals surface area contributed by atoms with Gasteiger partial charge in [-0.1, -0.05) is 17.7 Å². The fourth-order valence-corrected chi connectivity index (χ4v) is 2.37. The van der Waals surface area contributed by atoms with Gasteiger partial charge in [-0.25, -0.2) is 4.98 Å². The first-order chi connectivity index (χ1) is 10.0. The Morgan fingerprint density at radius 1 is 1.33 bits per heavy atom. The fraction of sp³-hybridized carbons (Fsp3) is 0.438. The largest absolute Gasteiger partial charge is 0.486 e. The molecule has 1 heterocycles. The van der Waals surface area contributed by atoms with Gasteiger partial charge in [0.15, 0.2) is 0 Å². The van der Waals surface area contributed by atoms with Crippen molar-refractivity contribution in [2.75, 3.05) is 7.05 Å². The van der Waals surface area contributed by atoms with Gasteiger partial charge in [0.05, 0.1) is 23.2 Å². The van der Waals surface area contributed by atoms with Gasteiger partial charge < -0.3 is 14.6 Å². The summed E-state index contributed by atoms with van der Waals surface area (Å²) >= 11 is 6.30. The van der Waals surface area contributed by atoms with Gasteiger partial charge in [0.25, 0.3) is 0 Å². The highest BCUT2D eigenvalue weighted by Crippen LogP contribution is 2.28. The second-order valence-corrected chi connectivity index (χ2v) is 5.78. The van der Waals surface area contributed by atoms with Crippen molar-refractivity contribution in [3.8, 4) is 5.75 Å². The van der Waals surface area contributed by atoms with Crippen molar-refractivity contribution in [1.82, 2.24) is 14.9 Å². The summed E-state index contributed by atoms with van der Waals surface area (Å²) in [5.74, 6) is 0.695. The van der Waals surface area contributed by atoms with E-state index in [2.05, 4.69) is 35.6 Å². The molecule has 0 saturated heterocycles. The zero-order valence-electron chi connectivity index (χ0n) is 12.9. The molecule has 1 aromatic carbocycles. The number of rotatable bonds is 6. The van der Waals surface area contributed by atoms with Crippen molar-refractivity contribution in [2.24, 2.45) is 0 Å². The Morgan fingerprint density at radius 3 is 2.71 bits per heavy atom. The van der Waals surface area contributed by atoms with Crippen LogP contribution in [0.25, 0.3) is 0 Å². The molecular formula is C16H22ClN3O. The Labute approximate surface area is 131 Å². The molecule has 2 aromatic rings. The van der Waals surface area contributed by atoms with Crippen molar-refractivity contribution in [1.29, 1.82) is 0 Å². The van der Waals surface area contributed by atoms with E-state index >= 15 is 0 Å². The predicted molar refractivity (Wildman–Crippen MR) is 85.9 cm³/mol. The van der Waals surface area contributed by atoms with Crippen molar-refractivity contribution in [2.45, 2.75) is 39.5 Å². The van der Waals surface area contributed by atoms with Crippen LogP contribution in [0.4, 0.5) is 0 Å². The van der Waals surface area contributed by atoms with Crippen LogP contribution in [0.1, 0.15) is 44.1 Å². The molecule has 0 saturated carbocycles. The third-order valence-electron chi connectivity index (χ3n) is 3.57. The molecule has 0 fully saturated rings. The zero-order valence-corrected chi connectivity index (χ0v) is 13.7. The summed E-state index contributed by atoms with van der Waals surface area (Å²) in [5, 5.41) is 3.82. The average Bonchev–Trinajstić information content (AvgIpc) is 2.93. The van der Waals surface area contributed by atoms with E-state index in [1.54, 1.807) is 0 Å². The van der Waals surface area contributed by atoms with Crippen molar-refractivity contribution >= 4 is 11.6 Å². The molecule has 2 rings (SSSR count). The van der Waals surface area contributed by atoms with Crippen LogP contribution in [0.2, 0.25) is 5.02 Å². The van der Waals surface area contributed by atoms with Gasteiger partial charge in [0.1, 0.15) is 12.4 Å². The van der Waals surface area contributed by atoms with Crippen LogP contribution in [-0.2, 0) is 6.61 Å². The van der Waals surface area contributed by atoms with E-state index in [1.165, 1.54) is 0 Å². The SMILES string of the molecule is CNC(C)c1ccc(OCc2cncn2C(C)C)c(Cl)c1. The minimum Gasteiger partial charge on any atom is -0.486 e. The van der Waals surface area contributed by atoms with Gasteiger partial charge in [-0.15, -0.1) is 0 Å². The summed E-state index contributed by atoms with van der Waals surface area (Å²) in [6.07, 6.45) is 3.65. The molecular weight excluding hydrogens is 286 g/mol. The summed E-state index contributed by atoms with van der Waals surface area (Å²) in [5.41, 5.74) is 2.18. The van der Waals surface area contributed by atoms with Gasteiger partial charge >= 0.3 is 0 Å². The molecule has 0 spiro atoms. The first-order valence-corrected chi connectivity index (χ1v) is 7.51. The van der Waals surface area contributed by atoms with Gasteiger partial charge in [-0.3, -0.25) is 0 Å². The molecule has 4 nitrogen and oxygen atoms in total. The van der Waals surface area contributed by atoms with Crippen LogP contribution in [0.15, 0.2) is 30.7 Å². The average molecular weight is 308 g/mol. The minimum atomic E-state index is 0.263. The molecule has 1 N–H and O–H groups in total. The normalized spacial score (nSPS) is 12.7. The van der Waals surface area contributed by atoms with E-state index < -0.39 is 0 Å². The summed E-state index contributed by atoms with van der Waals surface area (Å²) < 4.78 is 7.92. The van der Waals surface area contributed by atoms with E-state index in [0.29, 0.717) is 23.4 Å². The smallest absolute Gasteiger partial charge is 0.138 e. The summed E-state index contributed by atoms with van der Waals surface area (Å²) in [7, 11) is 1.93. The number of nitrogens with zero attached hydrogens (tertiary/aromatic N) is 2. The number of benzene rings is 1. The molecule has 0 aliphatic rings. The van der Waals surface area contributed by atoms with E-state index in [9.17, 15) is 0 Å². The van der Waals surface area contributed by atoms with Crippen molar-refractivity contribution < 1.29 is 4.74 Å². The molecule has 0 aliphatic heterocycles. The minimum absolute atomic E-state index is 0.263. The number of hydrogen-bond donors (Lipinski definition) is 1. The third kappa shape index (κ3) is 3.77. The Hall–Kier alpha value is -1.52. The number of nitrogens with one attached hydrogen (secondary N) is 1. The molecule has 0 bridgehead atoms. The first-order valence-electron chi connectivity index (χ1n) is 7.13. The second kappa shape index (κ2) is 6.96. The van der Waals surface area contributed by atoms with Gasteiger partial charge in [0.2, 0.25) is 0 Å². The van der Waals surface area contributed by atoms with Crippen molar-refractivity contribution in [3.63, 3.8) is 0 Å². The van der Waals surface area contributed by atoms with Gasteiger partial charge in [-0.2, -0.15) is 0 Å². The van der Waals surface area contributed by atoms with Crippen LogP contribution in [0.5, 0.6) is 5.75 Å². The number of imidazole rings is 1. The lowest BCUT2D eigenvalue weighted by atomic mass is 10.1. The summed E-state index contributed by atoms with van der Waals surface area (Å²) in [6.45, 7) is 6.78. The maximum atomic E-state index is 6.30. The number of ether oxygens (including phenoxy) is 1. The Balaban J connectivity index is 2.08. The molecule has 0 amide bonds. The Morgan fingerprint density at radius 2 is 2.10 bits per heavy atom. The maximum absolute atomic E-state index is 6.30. The second-order valence-electron chi connectivity index (χ2n) is 5.37. The summed E-state index contributed by atoms with van der Waals surface area (Å²) in [6, 6.07) is 6.51. The monoisotopic (exact) mass is 307 g/mol. The molecule has 5 heteroatoms. The first kappa shape index (κ1) is 15.9. The van der Waals surface area contributed by atoms with Crippen LogP contribution in [0, 0.1) is 0 Å². The van der Waals surface area contributed by atoms with Crippen molar-refractivity contribution in [3.05, 3.63) is 47.0 Å². The van der Waals surface area contributed by atoms with E-state index in [0.717, 1.165) is 11.3 Å². The highest BCUT2D eigenvalue weighted by atomic mass is 35.5. The highest BCUT2D eigenvalue weighted by Gasteiger charge is 2.10. The van der Waals surface area contributed by atoms with Crippen LogP contribution in [-0.4, -0.2) is 16.6 Å². The molecule has 0 radical (unpaired) electrons. The molecule has 1 atom stereocenters. The molecule has 1 unspecified atom stereocenters.